The van der Waals surface area contributed by atoms with Crippen LogP contribution in [0.1, 0.15) is 32.1 Å². The Hall–Kier alpha value is -1.10. The van der Waals surface area contributed by atoms with Crippen molar-refractivity contribution in [3.8, 4) is 0 Å². The molecule has 1 unspecified atom stereocenters. The Kier molecular flexibility index (Phi) is 4.80. The molecular formula is C14H16F2O2S. The monoisotopic (exact) mass is 286 g/mol. The highest BCUT2D eigenvalue weighted by atomic mass is 32.2. The van der Waals surface area contributed by atoms with E-state index in [1.165, 1.54) is 0 Å². The molecule has 0 bridgehead atoms. The van der Waals surface area contributed by atoms with Gasteiger partial charge in [0.1, 0.15) is 17.4 Å². The molecule has 1 saturated carbocycles. The van der Waals surface area contributed by atoms with Gasteiger partial charge in [0.05, 0.1) is 21.4 Å². The highest BCUT2D eigenvalue weighted by molar-refractivity contribution is 7.85. The van der Waals surface area contributed by atoms with Crippen LogP contribution in [-0.2, 0) is 15.6 Å². The summed E-state index contributed by atoms with van der Waals surface area (Å²) in [6.07, 6.45) is 4.85. The van der Waals surface area contributed by atoms with Crippen LogP contribution in [0.25, 0.3) is 0 Å². The Morgan fingerprint density at radius 2 is 1.89 bits per heavy atom. The minimum Gasteiger partial charge on any atom is -0.298 e. The Balaban J connectivity index is 2.02. The maximum atomic E-state index is 13.4. The fourth-order valence-corrected chi connectivity index (χ4v) is 3.56. The normalized spacial score (nSPS) is 18.2. The first-order valence-electron chi connectivity index (χ1n) is 6.44. The first kappa shape index (κ1) is 14.3. The van der Waals surface area contributed by atoms with Crippen LogP contribution in [0.15, 0.2) is 23.1 Å². The summed E-state index contributed by atoms with van der Waals surface area (Å²) in [5.74, 6) is -1.85. The molecule has 0 spiro atoms. The fourth-order valence-electron chi connectivity index (χ4n) is 2.41. The molecule has 1 aliphatic rings. The molecule has 1 atom stereocenters. The zero-order valence-electron chi connectivity index (χ0n) is 10.5. The number of carbonyl (C=O) groups is 1. The first-order chi connectivity index (χ1) is 9.08. The van der Waals surface area contributed by atoms with Gasteiger partial charge in [-0.1, -0.05) is 19.3 Å². The molecule has 2 rings (SSSR count). The number of carbonyl (C=O) groups excluding carboxylic acids is 1. The van der Waals surface area contributed by atoms with Crippen LogP contribution in [0.4, 0.5) is 8.78 Å². The number of benzene rings is 1. The smallest absolute Gasteiger partial charge is 0.148 e. The zero-order chi connectivity index (χ0) is 13.8. The summed E-state index contributed by atoms with van der Waals surface area (Å²) in [6, 6.07) is 2.90. The van der Waals surface area contributed by atoms with Crippen LogP contribution >= 0.6 is 0 Å². The second-order valence-corrected chi connectivity index (χ2v) is 6.29. The van der Waals surface area contributed by atoms with E-state index in [-0.39, 0.29) is 22.3 Å². The lowest BCUT2D eigenvalue weighted by Crippen LogP contribution is -2.23. The van der Waals surface area contributed by atoms with E-state index in [1.807, 2.05) is 0 Å². The van der Waals surface area contributed by atoms with Gasteiger partial charge in [-0.2, -0.15) is 0 Å². The topological polar surface area (TPSA) is 34.1 Å². The molecule has 1 fully saturated rings. The van der Waals surface area contributed by atoms with Gasteiger partial charge in [0, 0.05) is 12.0 Å². The molecule has 0 N–H and O–H groups in total. The molecule has 19 heavy (non-hydrogen) atoms. The Bertz CT molecular complexity index is 496. The van der Waals surface area contributed by atoms with Crippen LogP contribution < -0.4 is 0 Å². The molecule has 0 aliphatic heterocycles. The SMILES string of the molecule is O=C(CS(=O)c1ccc(F)cc1F)C1CCCCC1. The Morgan fingerprint density at radius 3 is 2.53 bits per heavy atom. The highest BCUT2D eigenvalue weighted by Gasteiger charge is 2.24. The van der Waals surface area contributed by atoms with E-state index in [9.17, 15) is 17.8 Å². The molecule has 1 aliphatic carbocycles. The van der Waals surface area contributed by atoms with Crippen LogP contribution in [-0.4, -0.2) is 15.7 Å². The van der Waals surface area contributed by atoms with Gasteiger partial charge in [0.2, 0.25) is 0 Å². The van der Waals surface area contributed by atoms with Gasteiger partial charge in [0.15, 0.2) is 0 Å². The van der Waals surface area contributed by atoms with Crippen molar-refractivity contribution in [1.29, 1.82) is 0 Å². The van der Waals surface area contributed by atoms with Crippen molar-refractivity contribution in [1.82, 2.24) is 0 Å². The maximum absolute atomic E-state index is 13.4. The Labute approximate surface area is 113 Å². The van der Waals surface area contributed by atoms with Crippen molar-refractivity contribution in [2.24, 2.45) is 5.92 Å². The third kappa shape index (κ3) is 3.69. The van der Waals surface area contributed by atoms with E-state index < -0.39 is 22.4 Å². The summed E-state index contributed by atoms with van der Waals surface area (Å²) in [5.41, 5.74) is 0. The number of ketones is 1. The van der Waals surface area contributed by atoms with Crippen LogP contribution in [0.5, 0.6) is 0 Å². The van der Waals surface area contributed by atoms with Gasteiger partial charge in [-0.3, -0.25) is 9.00 Å². The van der Waals surface area contributed by atoms with Crippen LogP contribution in [0, 0.1) is 17.6 Å². The number of hydrogen-bond donors (Lipinski definition) is 0. The zero-order valence-corrected chi connectivity index (χ0v) is 11.3. The minimum absolute atomic E-state index is 0.0405. The van der Waals surface area contributed by atoms with Gasteiger partial charge in [-0.25, -0.2) is 8.78 Å². The van der Waals surface area contributed by atoms with Crippen LogP contribution in [0.3, 0.4) is 0 Å². The Morgan fingerprint density at radius 1 is 1.21 bits per heavy atom. The average molecular weight is 286 g/mol. The van der Waals surface area contributed by atoms with Gasteiger partial charge in [0.25, 0.3) is 0 Å². The van der Waals surface area contributed by atoms with Crippen molar-refractivity contribution >= 4 is 16.6 Å². The number of Topliss-reactive ketones (excluding diaryl/α,β-unsaturated/α-hetero) is 1. The largest absolute Gasteiger partial charge is 0.298 e. The molecule has 1 aromatic carbocycles. The number of halogens is 2. The summed E-state index contributed by atoms with van der Waals surface area (Å²) >= 11 is 0. The lowest BCUT2D eigenvalue weighted by molar-refractivity contribution is -0.121. The highest BCUT2D eigenvalue weighted by Crippen LogP contribution is 2.25. The lowest BCUT2D eigenvalue weighted by Gasteiger charge is -2.19. The summed E-state index contributed by atoms with van der Waals surface area (Å²) < 4.78 is 38.2. The van der Waals surface area contributed by atoms with E-state index in [0.29, 0.717) is 6.07 Å². The van der Waals surface area contributed by atoms with Crippen LogP contribution in [0.2, 0.25) is 0 Å². The molecule has 0 saturated heterocycles. The lowest BCUT2D eigenvalue weighted by atomic mass is 9.87. The van der Waals surface area contributed by atoms with Crippen molar-refractivity contribution in [2.75, 3.05) is 5.75 Å². The molecule has 1 aromatic rings. The molecular weight excluding hydrogens is 270 g/mol. The quantitative estimate of drug-likeness (QED) is 0.851. The first-order valence-corrected chi connectivity index (χ1v) is 7.76. The maximum Gasteiger partial charge on any atom is 0.148 e. The summed E-state index contributed by atoms with van der Waals surface area (Å²) in [5, 5.41) is 0. The molecule has 104 valence electrons. The predicted octanol–water partition coefficient (Wildman–Crippen LogP) is 3.22. The van der Waals surface area contributed by atoms with E-state index in [1.54, 1.807) is 0 Å². The van der Waals surface area contributed by atoms with Gasteiger partial charge in [-0.15, -0.1) is 0 Å². The van der Waals surface area contributed by atoms with E-state index in [4.69, 9.17) is 0 Å². The van der Waals surface area contributed by atoms with Crippen molar-refractivity contribution < 1.29 is 17.8 Å². The third-order valence-electron chi connectivity index (χ3n) is 3.47. The number of rotatable bonds is 4. The summed E-state index contributed by atoms with van der Waals surface area (Å²) in [4.78, 5) is 11.9. The van der Waals surface area contributed by atoms with Crippen molar-refractivity contribution in [3.05, 3.63) is 29.8 Å². The molecule has 0 amide bonds. The van der Waals surface area contributed by atoms with E-state index in [2.05, 4.69) is 0 Å². The molecule has 0 heterocycles. The summed E-state index contributed by atoms with van der Waals surface area (Å²) in [6.45, 7) is 0. The molecule has 0 aromatic heterocycles. The van der Waals surface area contributed by atoms with E-state index >= 15 is 0 Å². The fraction of sp³-hybridized carbons (Fsp3) is 0.500. The molecule has 5 heteroatoms. The van der Waals surface area contributed by atoms with Gasteiger partial charge in [-0.05, 0) is 25.0 Å². The van der Waals surface area contributed by atoms with Gasteiger partial charge < -0.3 is 0 Å². The standard InChI is InChI=1S/C14H16F2O2S/c15-11-6-7-14(12(16)8-11)19(18)9-13(17)10-4-2-1-3-5-10/h6-8,10H,1-5,9H2. The molecule has 0 radical (unpaired) electrons. The van der Waals surface area contributed by atoms with E-state index in [0.717, 1.165) is 44.2 Å². The summed E-state index contributed by atoms with van der Waals surface area (Å²) in [7, 11) is -1.73. The number of hydrogen-bond acceptors (Lipinski definition) is 2. The second-order valence-electron chi connectivity index (χ2n) is 4.87. The second kappa shape index (κ2) is 6.37. The van der Waals surface area contributed by atoms with Crippen molar-refractivity contribution in [2.45, 2.75) is 37.0 Å². The average Bonchev–Trinajstić information content (AvgIpc) is 2.39. The predicted molar refractivity (Wildman–Crippen MR) is 69.2 cm³/mol. The third-order valence-corrected chi connectivity index (χ3v) is 4.84. The minimum atomic E-state index is -1.73. The van der Waals surface area contributed by atoms with Gasteiger partial charge >= 0.3 is 0 Å². The molecule has 2 nitrogen and oxygen atoms in total. The van der Waals surface area contributed by atoms with Crippen molar-refractivity contribution in [3.63, 3.8) is 0 Å².